The lowest BCUT2D eigenvalue weighted by molar-refractivity contribution is 0.318. The maximum absolute atomic E-state index is 8.55. The van der Waals surface area contributed by atoms with Crippen LogP contribution in [0.1, 0.15) is 31.4 Å². The highest BCUT2D eigenvalue weighted by atomic mass is 16.4. The molecule has 106 valence electrons. The third kappa shape index (κ3) is 2.46. The highest BCUT2D eigenvalue weighted by Crippen LogP contribution is 2.30. The first-order valence-corrected chi connectivity index (χ1v) is 6.68. The molecule has 0 amide bonds. The van der Waals surface area contributed by atoms with Gasteiger partial charge in [-0.15, -0.1) is 5.16 Å². The molecule has 3 rings (SSSR count). The smallest absolute Gasteiger partial charge is 0.173 e. The molecule has 7 nitrogen and oxygen atoms in total. The molecule has 7 heteroatoms. The van der Waals surface area contributed by atoms with Crippen molar-refractivity contribution in [3.8, 4) is 11.3 Å². The highest BCUT2D eigenvalue weighted by Gasteiger charge is 2.16. The van der Waals surface area contributed by atoms with Gasteiger partial charge in [-0.25, -0.2) is 9.97 Å². The molecule has 1 aliphatic heterocycles. The monoisotopic (exact) mass is 282 g/mol. The summed E-state index contributed by atoms with van der Waals surface area (Å²) in [5.74, 6) is 3.42. The van der Waals surface area contributed by atoms with E-state index in [0.29, 0.717) is 12.2 Å². The Hall–Kier alpha value is -2.79. The summed E-state index contributed by atoms with van der Waals surface area (Å²) in [6, 6.07) is 0.149. The Kier molecular flexibility index (Phi) is 3.57. The zero-order valence-electron chi connectivity index (χ0n) is 11.5. The number of fused-ring (bicyclic) bond motifs is 1. The van der Waals surface area contributed by atoms with E-state index in [9.17, 15) is 0 Å². The van der Waals surface area contributed by atoms with Crippen molar-refractivity contribution in [3.05, 3.63) is 24.3 Å². The van der Waals surface area contributed by atoms with Crippen molar-refractivity contribution in [2.45, 2.75) is 25.8 Å². The average Bonchev–Trinajstić information content (AvgIpc) is 3.16. The molecule has 2 aromatic rings. The van der Waals surface area contributed by atoms with E-state index in [1.807, 2.05) is 10.9 Å². The largest absolute Gasteiger partial charge is 0.411 e. The lowest BCUT2D eigenvalue weighted by Gasteiger charge is -2.12. The summed E-state index contributed by atoms with van der Waals surface area (Å²) in [6.45, 7) is 2.07. The van der Waals surface area contributed by atoms with E-state index in [0.717, 1.165) is 23.2 Å². The maximum atomic E-state index is 8.55. The van der Waals surface area contributed by atoms with E-state index in [-0.39, 0.29) is 6.04 Å². The second kappa shape index (κ2) is 5.68. The summed E-state index contributed by atoms with van der Waals surface area (Å²) in [5.41, 5.74) is 2.57. The molecule has 21 heavy (non-hydrogen) atoms. The Morgan fingerprint density at radius 1 is 1.48 bits per heavy atom. The van der Waals surface area contributed by atoms with Gasteiger partial charge in [0, 0.05) is 30.5 Å². The van der Waals surface area contributed by atoms with Crippen LogP contribution in [0, 0.1) is 0 Å². The van der Waals surface area contributed by atoms with E-state index >= 15 is 0 Å². The van der Waals surface area contributed by atoms with Gasteiger partial charge in [0.25, 0.3) is 0 Å². The summed E-state index contributed by atoms with van der Waals surface area (Å²) in [6.07, 6.45) is 9.97. The van der Waals surface area contributed by atoms with Gasteiger partial charge in [0.15, 0.2) is 5.82 Å². The van der Waals surface area contributed by atoms with Gasteiger partial charge < -0.3 is 5.21 Å². The standard InChI is InChI=1S/C14H14N6O/c1-2-11(3-6-19-21)20-8-10(7-18-20)13-12-4-5-15-14(12)17-9-16-13/h4,6-9,11,21H,2-3H2,1H3/b19-6+. The van der Waals surface area contributed by atoms with Crippen LogP contribution in [0.4, 0.5) is 5.82 Å². The van der Waals surface area contributed by atoms with Crippen molar-refractivity contribution in [1.82, 2.24) is 19.7 Å². The van der Waals surface area contributed by atoms with Crippen molar-refractivity contribution < 1.29 is 5.21 Å². The maximum Gasteiger partial charge on any atom is 0.173 e. The van der Waals surface area contributed by atoms with Gasteiger partial charge in [0.1, 0.15) is 6.33 Å². The Bertz CT molecular complexity index is 742. The minimum Gasteiger partial charge on any atom is -0.411 e. The summed E-state index contributed by atoms with van der Waals surface area (Å²) >= 11 is 0. The third-order valence-electron chi connectivity index (χ3n) is 3.42. The molecule has 1 N–H and O–H groups in total. The molecular weight excluding hydrogens is 268 g/mol. The van der Waals surface area contributed by atoms with Crippen LogP contribution < -0.4 is 0 Å². The molecule has 0 saturated heterocycles. The summed E-state index contributed by atoms with van der Waals surface area (Å²) in [5, 5.41) is 16.0. The number of aliphatic imine (C=N–C) groups is 1. The van der Waals surface area contributed by atoms with Crippen LogP contribution in [0.2, 0.25) is 0 Å². The Morgan fingerprint density at radius 3 is 3.19 bits per heavy atom. The predicted octanol–water partition coefficient (Wildman–Crippen LogP) is 2.47. The SMILES string of the molecule is CCC(C/C=N/O)n1cc(-c2ncnc3c2C=C=N3)cn1. The topological polar surface area (TPSA) is 88.5 Å². The Labute approximate surface area is 121 Å². The number of oxime groups is 1. The number of rotatable bonds is 5. The van der Waals surface area contributed by atoms with Crippen molar-refractivity contribution in [2.24, 2.45) is 10.1 Å². The molecule has 0 bridgehead atoms. The summed E-state index contributed by atoms with van der Waals surface area (Å²) < 4.78 is 1.87. The Morgan fingerprint density at radius 2 is 2.38 bits per heavy atom. The molecule has 0 spiro atoms. The molecule has 0 saturated carbocycles. The molecule has 0 radical (unpaired) electrons. The zero-order valence-corrected chi connectivity index (χ0v) is 11.5. The fourth-order valence-electron chi connectivity index (χ4n) is 2.29. The first-order valence-electron chi connectivity index (χ1n) is 6.68. The van der Waals surface area contributed by atoms with Crippen LogP contribution in [0.5, 0.6) is 0 Å². The molecular formula is C14H14N6O. The van der Waals surface area contributed by atoms with Gasteiger partial charge in [-0.05, 0) is 12.3 Å². The summed E-state index contributed by atoms with van der Waals surface area (Å²) in [7, 11) is 0. The molecule has 3 heterocycles. The van der Waals surface area contributed by atoms with Gasteiger partial charge in [-0.1, -0.05) is 6.92 Å². The van der Waals surface area contributed by atoms with E-state index in [1.165, 1.54) is 12.5 Å². The molecule has 2 aromatic heterocycles. The van der Waals surface area contributed by atoms with Gasteiger partial charge in [0.05, 0.1) is 23.5 Å². The predicted molar refractivity (Wildman–Crippen MR) is 79.0 cm³/mol. The van der Waals surface area contributed by atoms with Gasteiger partial charge in [0.2, 0.25) is 0 Å². The van der Waals surface area contributed by atoms with Crippen LogP contribution in [0.15, 0.2) is 28.9 Å². The van der Waals surface area contributed by atoms with Gasteiger partial charge >= 0.3 is 0 Å². The van der Waals surface area contributed by atoms with Crippen molar-refractivity contribution in [2.75, 3.05) is 0 Å². The first-order chi connectivity index (χ1) is 10.3. The van der Waals surface area contributed by atoms with Crippen LogP contribution in [0.3, 0.4) is 0 Å². The lowest BCUT2D eigenvalue weighted by Crippen LogP contribution is -2.09. The normalized spacial score (nSPS) is 14.0. The fourth-order valence-corrected chi connectivity index (χ4v) is 2.29. The number of aromatic nitrogens is 4. The third-order valence-corrected chi connectivity index (χ3v) is 3.42. The molecule has 0 fully saturated rings. The molecule has 1 unspecified atom stereocenters. The summed E-state index contributed by atoms with van der Waals surface area (Å²) in [4.78, 5) is 12.5. The number of hydrogen-bond acceptors (Lipinski definition) is 6. The van der Waals surface area contributed by atoms with Gasteiger partial charge in [-0.3, -0.25) is 4.68 Å². The van der Waals surface area contributed by atoms with Crippen LogP contribution in [0.25, 0.3) is 17.3 Å². The van der Waals surface area contributed by atoms with E-state index in [4.69, 9.17) is 5.21 Å². The van der Waals surface area contributed by atoms with Crippen molar-refractivity contribution in [3.63, 3.8) is 0 Å². The van der Waals surface area contributed by atoms with E-state index < -0.39 is 0 Å². The highest BCUT2D eigenvalue weighted by molar-refractivity contribution is 5.93. The zero-order chi connectivity index (χ0) is 14.7. The van der Waals surface area contributed by atoms with Crippen molar-refractivity contribution in [1.29, 1.82) is 0 Å². The quantitative estimate of drug-likeness (QED) is 0.442. The molecule has 1 aliphatic rings. The fraction of sp³-hybridized carbons (Fsp3) is 0.286. The first kappa shape index (κ1) is 13.2. The molecule has 1 atom stereocenters. The van der Waals surface area contributed by atoms with E-state index in [2.05, 4.69) is 38.0 Å². The van der Waals surface area contributed by atoms with Crippen LogP contribution >= 0.6 is 0 Å². The van der Waals surface area contributed by atoms with Gasteiger partial charge in [-0.2, -0.15) is 10.1 Å². The second-order valence-corrected chi connectivity index (χ2v) is 4.65. The molecule has 0 aromatic carbocycles. The second-order valence-electron chi connectivity index (χ2n) is 4.65. The minimum atomic E-state index is 0.149. The number of nitrogens with zero attached hydrogens (tertiary/aromatic N) is 6. The Balaban J connectivity index is 1.92. The lowest BCUT2D eigenvalue weighted by atomic mass is 10.1. The van der Waals surface area contributed by atoms with Crippen LogP contribution in [-0.4, -0.2) is 37.0 Å². The molecule has 0 aliphatic carbocycles. The minimum absolute atomic E-state index is 0.149. The van der Waals surface area contributed by atoms with Crippen LogP contribution in [-0.2, 0) is 0 Å². The number of hydrogen-bond donors (Lipinski definition) is 1. The van der Waals surface area contributed by atoms with Crippen molar-refractivity contribution >= 4 is 24.0 Å². The van der Waals surface area contributed by atoms with E-state index in [1.54, 1.807) is 12.3 Å². The average molecular weight is 282 g/mol.